The normalized spacial score (nSPS) is 11.3. The Morgan fingerprint density at radius 1 is 0.953 bits per heavy atom. The average molecular weight is 578 g/mol. The smallest absolute Gasteiger partial charge is 0.255 e. The minimum Gasteiger partial charge on any atom is -0.457 e. The lowest BCUT2D eigenvalue weighted by Gasteiger charge is -2.22. The van der Waals surface area contributed by atoms with Gasteiger partial charge in [-0.05, 0) is 82.1 Å². The van der Waals surface area contributed by atoms with Crippen molar-refractivity contribution in [2.75, 3.05) is 44.9 Å². The van der Waals surface area contributed by atoms with Crippen molar-refractivity contribution in [2.24, 2.45) is 0 Å². The number of aromatic nitrogens is 1. The fourth-order valence-electron chi connectivity index (χ4n) is 4.55. The highest BCUT2D eigenvalue weighted by Gasteiger charge is 2.11. The first-order valence-corrected chi connectivity index (χ1v) is 14.1. The van der Waals surface area contributed by atoms with Crippen molar-refractivity contribution in [3.05, 3.63) is 114 Å². The summed E-state index contributed by atoms with van der Waals surface area (Å²) in [6, 6.07) is 22.2. The summed E-state index contributed by atoms with van der Waals surface area (Å²) in [5.74, 6) is 0.899. The maximum absolute atomic E-state index is 12.7. The Balaban J connectivity index is 1.48. The van der Waals surface area contributed by atoms with Crippen LogP contribution in [0.25, 0.3) is 17.3 Å². The number of anilines is 2. The van der Waals surface area contributed by atoms with E-state index in [9.17, 15) is 9.59 Å². The second-order valence-corrected chi connectivity index (χ2v) is 10.8. The van der Waals surface area contributed by atoms with Gasteiger partial charge in [-0.3, -0.25) is 9.59 Å². The van der Waals surface area contributed by atoms with Gasteiger partial charge in [-0.2, -0.15) is 0 Å². The Hall–Kier alpha value is -5.08. The molecule has 3 aromatic carbocycles. The maximum Gasteiger partial charge on any atom is 0.255 e. The van der Waals surface area contributed by atoms with Gasteiger partial charge in [0, 0.05) is 72.2 Å². The van der Waals surface area contributed by atoms with Gasteiger partial charge in [0.15, 0.2) is 0 Å². The number of benzene rings is 3. The van der Waals surface area contributed by atoms with Crippen molar-refractivity contribution in [3.8, 4) is 11.5 Å². The molecule has 4 rings (SSSR count). The SMILES string of the molecule is C=C(c1c[nH]c(/C=C(\C)c2ccc(Oc3cccc(NC(=O)c4cccc(C)c4)c3)cc2NC=O)c1)N(C)CCN(C)C. The topological polar surface area (TPSA) is 89.7 Å². The summed E-state index contributed by atoms with van der Waals surface area (Å²) < 4.78 is 6.10. The van der Waals surface area contributed by atoms with Crippen LogP contribution in [0.5, 0.6) is 11.5 Å². The molecule has 4 aromatic rings. The van der Waals surface area contributed by atoms with Crippen LogP contribution in [0.4, 0.5) is 11.4 Å². The van der Waals surface area contributed by atoms with Crippen LogP contribution in [-0.4, -0.2) is 61.3 Å². The Morgan fingerprint density at radius 3 is 2.47 bits per heavy atom. The van der Waals surface area contributed by atoms with E-state index >= 15 is 0 Å². The van der Waals surface area contributed by atoms with Crippen LogP contribution in [0.3, 0.4) is 0 Å². The van der Waals surface area contributed by atoms with E-state index in [-0.39, 0.29) is 5.91 Å². The number of carbonyl (C=O) groups excluding carboxylic acids is 2. The van der Waals surface area contributed by atoms with Crippen LogP contribution in [-0.2, 0) is 4.79 Å². The van der Waals surface area contributed by atoms with Crippen LogP contribution in [0.1, 0.15) is 39.7 Å². The van der Waals surface area contributed by atoms with E-state index in [0.29, 0.717) is 34.8 Å². The molecule has 0 atom stereocenters. The number of aryl methyl sites for hydroxylation is 1. The number of nitrogens with zero attached hydrogens (tertiary/aromatic N) is 2. The van der Waals surface area contributed by atoms with Crippen molar-refractivity contribution in [3.63, 3.8) is 0 Å². The standard InChI is InChI=1S/C35H39N5O3/c1-24-9-7-10-27(17-24)35(42)38-29-11-8-12-31(20-29)43-32-13-14-33(34(21-32)37-23-41)25(2)18-30-19-28(22-36-30)26(3)40(6)16-15-39(4)5/h7-14,17-23,36H,3,15-16H2,1-2,4-6H3,(H,37,41)(H,38,42)/b25-18+. The molecule has 0 aliphatic heterocycles. The lowest BCUT2D eigenvalue weighted by atomic mass is 10.0. The molecule has 8 nitrogen and oxygen atoms in total. The number of likely N-dealkylation sites (N-methyl/N-ethyl adjacent to an activating group) is 2. The maximum atomic E-state index is 12.7. The Morgan fingerprint density at radius 2 is 1.72 bits per heavy atom. The van der Waals surface area contributed by atoms with Crippen molar-refractivity contribution < 1.29 is 14.3 Å². The number of hydrogen-bond acceptors (Lipinski definition) is 5. The fraction of sp³-hybridized carbons (Fsp3) is 0.200. The molecule has 0 aliphatic carbocycles. The number of rotatable bonds is 13. The van der Waals surface area contributed by atoms with Crippen LogP contribution < -0.4 is 15.4 Å². The third kappa shape index (κ3) is 8.47. The highest BCUT2D eigenvalue weighted by Crippen LogP contribution is 2.32. The summed E-state index contributed by atoms with van der Waals surface area (Å²) in [5, 5.41) is 5.72. The average Bonchev–Trinajstić information content (AvgIpc) is 3.44. The van der Waals surface area contributed by atoms with Crippen LogP contribution in [0.2, 0.25) is 0 Å². The van der Waals surface area contributed by atoms with E-state index in [2.05, 4.69) is 52.2 Å². The van der Waals surface area contributed by atoms with Crippen molar-refractivity contribution >= 4 is 41.0 Å². The summed E-state index contributed by atoms with van der Waals surface area (Å²) in [4.78, 5) is 31.8. The molecule has 1 aromatic heterocycles. The molecule has 8 heteroatoms. The summed E-state index contributed by atoms with van der Waals surface area (Å²) >= 11 is 0. The Bertz CT molecular complexity index is 1640. The van der Waals surface area contributed by atoms with Crippen LogP contribution in [0.15, 0.2) is 85.6 Å². The Labute approximate surface area is 253 Å². The monoisotopic (exact) mass is 577 g/mol. The molecule has 0 unspecified atom stereocenters. The van der Waals surface area contributed by atoms with Crippen LogP contribution >= 0.6 is 0 Å². The lowest BCUT2D eigenvalue weighted by molar-refractivity contribution is -0.105. The zero-order chi connectivity index (χ0) is 30.9. The summed E-state index contributed by atoms with van der Waals surface area (Å²) in [5.41, 5.74) is 7.53. The van der Waals surface area contributed by atoms with Gasteiger partial charge in [0.25, 0.3) is 5.91 Å². The van der Waals surface area contributed by atoms with E-state index in [1.165, 1.54) is 0 Å². The highest BCUT2D eigenvalue weighted by molar-refractivity contribution is 6.04. The predicted octanol–water partition coefficient (Wildman–Crippen LogP) is 6.96. The number of amides is 2. The van der Waals surface area contributed by atoms with Crippen LogP contribution in [0, 0.1) is 6.92 Å². The van der Waals surface area contributed by atoms with E-state index < -0.39 is 0 Å². The lowest BCUT2D eigenvalue weighted by Crippen LogP contribution is -2.27. The summed E-state index contributed by atoms with van der Waals surface area (Å²) in [7, 11) is 6.15. The van der Waals surface area contributed by atoms with Crippen molar-refractivity contribution in [1.29, 1.82) is 0 Å². The quantitative estimate of drug-likeness (QED) is 0.150. The molecule has 1 heterocycles. The van der Waals surface area contributed by atoms with Gasteiger partial charge < -0.3 is 30.2 Å². The van der Waals surface area contributed by atoms with Gasteiger partial charge in [0.1, 0.15) is 11.5 Å². The molecule has 2 amide bonds. The van der Waals surface area contributed by atoms with Crippen molar-refractivity contribution in [2.45, 2.75) is 13.8 Å². The number of hydrogen-bond donors (Lipinski definition) is 3. The molecular weight excluding hydrogens is 538 g/mol. The minimum absolute atomic E-state index is 0.195. The number of carbonyl (C=O) groups is 2. The van der Waals surface area contributed by atoms with Gasteiger partial charge >= 0.3 is 0 Å². The molecule has 222 valence electrons. The summed E-state index contributed by atoms with van der Waals surface area (Å²) in [6.07, 6.45) is 4.63. The minimum atomic E-state index is -0.195. The molecule has 0 fully saturated rings. The summed E-state index contributed by atoms with van der Waals surface area (Å²) in [6.45, 7) is 10.0. The molecule has 0 spiro atoms. The number of H-pyrrole nitrogens is 1. The van der Waals surface area contributed by atoms with E-state index in [1.54, 1.807) is 24.3 Å². The molecular formula is C35H39N5O3. The number of nitrogens with one attached hydrogen (secondary N) is 3. The molecule has 0 bridgehead atoms. The molecule has 0 radical (unpaired) electrons. The first-order chi connectivity index (χ1) is 20.6. The van der Waals surface area contributed by atoms with Gasteiger partial charge in [-0.15, -0.1) is 0 Å². The van der Waals surface area contributed by atoms with E-state index in [0.717, 1.165) is 46.7 Å². The first kappa shape index (κ1) is 30.9. The predicted molar refractivity (Wildman–Crippen MR) is 176 cm³/mol. The fourth-order valence-corrected chi connectivity index (χ4v) is 4.55. The second-order valence-electron chi connectivity index (χ2n) is 10.8. The number of ether oxygens (including phenoxy) is 1. The molecule has 0 saturated carbocycles. The zero-order valence-electron chi connectivity index (χ0n) is 25.4. The molecule has 0 aliphatic rings. The number of allylic oxidation sites excluding steroid dienone is 1. The van der Waals surface area contributed by atoms with Gasteiger partial charge in [-0.25, -0.2) is 0 Å². The molecule has 43 heavy (non-hydrogen) atoms. The zero-order valence-corrected chi connectivity index (χ0v) is 25.4. The van der Waals surface area contributed by atoms with Gasteiger partial charge in [-0.1, -0.05) is 30.3 Å². The highest BCUT2D eigenvalue weighted by atomic mass is 16.5. The van der Waals surface area contributed by atoms with Crippen molar-refractivity contribution in [1.82, 2.24) is 14.8 Å². The van der Waals surface area contributed by atoms with E-state index in [4.69, 9.17) is 4.74 Å². The second kappa shape index (κ2) is 14.2. The molecule has 3 N–H and O–H groups in total. The van der Waals surface area contributed by atoms with Gasteiger partial charge in [0.05, 0.1) is 5.69 Å². The van der Waals surface area contributed by atoms with E-state index in [1.807, 2.05) is 75.6 Å². The third-order valence-corrected chi connectivity index (χ3v) is 6.99. The third-order valence-electron chi connectivity index (χ3n) is 6.99. The number of aromatic amines is 1. The van der Waals surface area contributed by atoms with Gasteiger partial charge in [0.2, 0.25) is 6.41 Å². The molecule has 0 saturated heterocycles. The first-order valence-electron chi connectivity index (χ1n) is 14.1. The Kier molecular flexibility index (Phi) is 10.2. The largest absolute Gasteiger partial charge is 0.457 e.